The molecule has 0 aromatic heterocycles. The first-order chi connectivity index (χ1) is 8.49. The molecule has 0 radical (unpaired) electrons. The van der Waals surface area contributed by atoms with Gasteiger partial charge in [0.15, 0.2) is 0 Å². The summed E-state index contributed by atoms with van der Waals surface area (Å²) in [5, 5.41) is 28.3. The molecule has 2 atom stereocenters. The number of aliphatic hydroxyl groups excluding tert-OH is 2. The summed E-state index contributed by atoms with van der Waals surface area (Å²) >= 11 is 0. The molecule has 0 fully saturated rings. The van der Waals surface area contributed by atoms with E-state index in [1.165, 1.54) is 13.2 Å². The summed E-state index contributed by atoms with van der Waals surface area (Å²) in [5.74, 6) is -0.543. The molecule has 6 nitrogen and oxygen atoms in total. The normalized spacial score (nSPS) is 14.0. The van der Waals surface area contributed by atoms with Crippen molar-refractivity contribution in [2.45, 2.75) is 18.6 Å². The highest BCUT2D eigenvalue weighted by Crippen LogP contribution is 2.26. The fourth-order valence-electron chi connectivity index (χ4n) is 1.64. The highest BCUT2D eigenvalue weighted by Gasteiger charge is 2.21. The third kappa shape index (κ3) is 3.43. The van der Waals surface area contributed by atoms with Crippen LogP contribution in [0.5, 0.6) is 5.75 Å². The SMILES string of the molecule is COc1ccc(CC(=O)O)c(C(O)C(O)CN)c1. The van der Waals surface area contributed by atoms with Gasteiger partial charge < -0.3 is 25.8 Å². The lowest BCUT2D eigenvalue weighted by atomic mass is 9.96. The van der Waals surface area contributed by atoms with Crippen LogP contribution in [-0.4, -0.2) is 41.0 Å². The Morgan fingerprint density at radius 2 is 2.11 bits per heavy atom. The Morgan fingerprint density at radius 1 is 1.44 bits per heavy atom. The molecular formula is C12H17NO5. The van der Waals surface area contributed by atoms with Crippen molar-refractivity contribution in [3.8, 4) is 5.75 Å². The maximum atomic E-state index is 10.7. The van der Waals surface area contributed by atoms with Crippen molar-refractivity contribution in [3.63, 3.8) is 0 Å². The van der Waals surface area contributed by atoms with E-state index in [-0.39, 0.29) is 13.0 Å². The molecule has 5 N–H and O–H groups in total. The summed E-state index contributed by atoms with van der Waals surface area (Å²) < 4.78 is 5.01. The molecule has 0 aliphatic carbocycles. The predicted octanol–water partition coefficient (Wildman–Crippen LogP) is -0.325. The second-order valence-corrected chi connectivity index (χ2v) is 3.88. The molecule has 0 saturated heterocycles. The summed E-state index contributed by atoms with van der Waals surface area (Å²) in [7, 11) is 1.46. The molecule has 18 heavy (non-hydrogen) atoms. The molecule has 2 unspecified atom stereocenters. The van der Waals surface area contributed by atoms with E-state index in [1.807, 2.05) is 0 Å². The quantitative estimate of drug-likeness (QED) is 0.554. The maximum absolute atomic E-state index is 10.7. The number of hydrogen-bond donors (Lipinski definition) is 4. The largest absolute Gasteiger partial charge is 0.497 e. The topological polar surface area (TPSA) is 113 Å². The van der Waals surface area contributed by atoms with Gasteiger partial charge in [0.05, 0.1) is 19.6 Å². The fraction of sp³-hybridized carbons (Fsp3) is 0.417. The number of aliphatic hydroxyl groups is 2. The summed E-state index contributed by atoms with van der Waals surface area (Å²) in [4.78, 5) is 10.7. The zero-order valence-corrected chi connectivity index (χ0v) is 10.0. The molecule has 0 bridgehead atoms. The lowest BCUT2D eigenvalue weighted by Crippen LogP contribution is -2.28. The van der Waals surface area contributed by atoms with E-state index >= 15 is 0 Å². The van der Waals surface area contributed by atoms with Gasteiger partial charge in [-0.2, -0.15) is 0 Å². The van der Waals surface area contributed by atoms with Crippen molar-refractivity contribution in [1.29, 1.82) is 0 Å². The van der Waals surface area contributed by atoms with Gasteiger partial charge in [-0.3, -0.25) is 4.79 Å². The Morgan fingerprint density at radius 3 is 2.61 bits per heavy atom. The second kappa shape index (κ2) is 6.34. The standard InChI is InChI=1S/C12H17NO5/c1-18-8-3-2-7(4-11(15)16)9(5-8)12(17)10(14)6-13/h2-3,5,10,12,14,17H,4,6,13H2,1H3,(H,15,16). The Labute approximate surface area is 105 Å². The van der Waals surface area contributed by atoms with Crippen molar-refractivity contribution < 1.29 is 24.9 Å². The third-order valence-electron chi connectivity index (χ3n) is 2.62. The molecule has 1 aromatic rings. The Hall–Kier alpha value is -1.63. The molecule has 100 valence electrons. The van der Waals surface area contributed by atoms with Crippen LogP contribution in [-0.2, 0) is 11.2 Å². The first kappa shape index (κ1) is 14.4. The van der Waals surface area contributed by atoms with Gasteiger partial charge in [0.2, 0.25) is 0 Å². The van der Waals surface area contributed by atoms with E-state index in [0.29, 0.717) is 16.9 Å². The minimum absolute atomic E-state index is 0.120. The minimum Gasteiger partial charge on any atom is -0.497 e. The number of benzene rings is 1. The number of rotatable bonds is 6. The van der Waals surface area contributed by atoms with Crippen molar-refractivity contribution >= 4 is 5.97 Å². The molecule has 6 heteroatoms. The van der Waals surface area contributed by atoms with E-state index in [2.05, 4.69) is 0 Å². The Kier molecular flexibility index (Phi) is 5.08. The molecule has 0 heterocycles. The van der Waals surface area contributed by atoms with E-state index in [1.54, 1.807) is 12.1 Å². The van der Waals surface area contributed by atoms with Crippen LogP contribution in [0.3, 0.4) is 0 Å². The second-order valence-electron chi connectivity index (χ2n) is 3.88. The van der Waals surface area contributed by atoms with Crippen LogP contribution in [0.15, 0.2) is 18.2 Å². The van der Waals surface area contributed by atoms with E-state index in [9.17, 15) is 15.0 Å². The minimum atomic E-state index is -1.24. The van der Waals surface area contributed by atoms with Crippen molar-refractivity contribution in [3.05, 3.63) is 29.3 Å². The number of carbonyl (C=O) groups is 1. The number of nitrogens with two attached hydrogens (primary N) is 1. The molecule has 0 saturated carbocycles. The average Bonchev–Trinajstić information content (AvgIpc) is 2.36. The zero-order chi connectivity index (χ0) is 13.7. The lowest BCUT2D eigenvalue weighted by molar-refractivity contribution is -0.136. The highest BCUT2D eigenvalue weighted by atomic mass is 16.5. The molecule has 1 rings (SSSR count). The van der Waals surface area contributed by atoms with Crippen LogP contribution in [0.2, 0.25) is 0 Å². The summed E-state index contributed by atoms with van der Waals surface area (Å²) in [5.41, 5.74) is 6.01. The first-order valence-electron chi connectivity index (χ1n) is 5.44. The van der Waals surface area contributed by atoms with Crippen LogP contribution in [0.1, 0.15) is 17.2 Å². The summed E-state index contributed by atoms with van der Waals surface area (Å²) in [6, 6.07) is 4.65. The Bertz CT molecular complexity index is 421. The van der Waals surface area contributed by atoms with Crippen LogP contribution < -0.4 is 10.5 Å². The fourth-order valence-corrected chi connectivity index (χ4v) is 1.64. The van der Waals surface area contributed by atoms with E-state index in [4.69, 9.17) is 15.6 Å². The van der Waals surface area contributed by atoms with Gasteiger partial charge in [-0.05, 0) is 23.3 Å². The van der Waals surface area contributed by atoms with Gasteiger partial charge >= 0.3 is 5.97 Å². The van der Waals surface area contributed by atoms with Crippen LogP contribution >= 0.6 is 0 Å². The van der Waals surface area contributed by atoms with Gasteiger partial charge in [-0.25, -0.2) is 0 Å². The smallest absolute Gasteiger partial charge is 0.307 e. The molecule has 1 aromatic carbocycles. The number of carboxylic acid groups (broad SMARTS) is 1. The van der Waals surface area contributed by atoms with E-state index in [0.717, 1.165) is 0 Å². The van der Waals surface area contributed by atoms with Gasteiger partial charge in [0.25, 0.3) is 0 Å². The van der Waals surface area contributed by atoms with Gasteiger partial charge in [-0.15, -0.1) is 0 Å². The van der Waals surface area contributed by atoms with Gasteiger partial charge in [0.1, 0.15) is 11.9 Å². The number of aliphatic carboxylic acids is 1. The van der Waals surface area contributed by atoms with Crippen molar-refractivity contribution in [2.75, 3.05) is 13.7 Å². The lowest BCUT2D eigenvalue weighted by Gasteiger charge is -2.20. The molecule has 0 spiro atoms. The monoisotopic (exact) mass is 255 g/mol. The van der Waals surface area contributed by atoms with Crippen LogP contribution in [0.4, 0.5) is 0 Å². The molecule has 0 aliphatic heterocycles. The average molecular weight is 255 g/mol. The van der Waals surface area contributed by atoms with Gasteiger partial charge in [0, 0.05) is 6.54 Å². The number of carboxylic acids is 1. The number of methoxy groups -OCH3 is 1. The third-order valence-corrected chi connectivity index (χ3v) is 2.62. The predicted molar refractivity (Wildman–Crippen MR) is 64.4 cm³/mol. The molecule has 0 amide bonds. The number of hydrogen-bond acceptors (Lipinski definition) is 5. The number of ether oxygens (including phenoxy) is 1. The summed E-state index contributed by atoms with van der Waals surface area (Å²) in [6.07, 6.45) is -2.63. The summed E-state index contributed by atoms with van der Waals surface area (Å²) in [6.45, 7) is -0.120. The zero-order valence-electron chi connectivity index (χ0n) is 10.0. The molecule has 0 aliphatic rings. The van der Waals surface area contributed by atoms with Crippen molar-refractivity contribution in [1.82, 2.24) is 0 Å². The van der Waals surface area contributed by atoms with Crippen LogP contribution in [0.25, 0.3) is 0 Å². The first-order valence-corrected chi connectivity index (χ1v) is 5.44. The van der Waals surface area contributed by atoms with Gasteiger partial charge in [-0.1, -0.05) is 6.07 Å². The van der Waals surface area contributed by atoms with E-state index < -0.39 is 18.2 Å². The maximum Gasteiger partial charge on any atom is 0.307 e. The molecular weight excluding hydrogens is 238 g/mol. The van der Waals surface area contributed by atoms with Crippen LogP contribution in [0, 0.1) is 0 Å². The highest BCUT2D eigenvalue weighted by molar-refractivity contribution is 5.71. The Balaban J connectivity index is 3.14. The van der Waals surface area contributed by atoms with Crippen molar-refractivity contribution in [2.24, 2.45) is 5.73 Å².